The van der Waals surface area contributed by atoms with Crippen LogP contribution in [-0.2, 0) is 4.74 Å². The van der Waals surface area contributed by atoms with Crippen LogP contribution < -0.4 is 4.74 Å². The van der Waals surface area contributed by atoms with Gasteiger partial charge in [0.05, 0.1) is 24.3 Å². The highest BCUT2D eigenvalue weighted by Crippen LogP contribution is 2.44. The lowest BCUT2D eigenvalue weighted by Gasteiger charge is -2.34. The molecule has 0 saturated carbocycles. The molecule has 2 unspecified atom stereocenters. The SMILES string of the molecule is CCOc1ccc(C2C(C#N)=C(C(C)(C)C)OC(=N)C2C#N)cc1. The standard InChI is InChI=1S/C19H21N3O2/c1-5-23-13-8-6-12(7-9-13)16-14(10-20)17(19(2,3)4)24-18(22)15(16)11-21/h6-9,15-16,22H,5H2,1-4H3. The molecule has 0 amide bonds. The van der Waals surface area contributed by atoms with Crippen LogP contribution in [0, 0.1) is 39.4 Å². The predicted molar refractivity (Wildman–Crippen MR) is 90.4 cm³/mol. The normalized spacial score (nSPS) is 20.8. The van der Waals surface area contributed by atoms with E-state index in [1.54, 1.807) is 0 Å². The van der Waals surface area contributed by atoms with E-state index in [9.17, 15) is 10.5 Å². The molecule has 2 rings (SSSR count). The molecule has 24 heavy (non-hydrogen) atoms. The molecule has 5 heteroatoms. The number of allylic oxidation sites excluding steroid dienone is 2. The van der Waals surface area contributed by atoms with Crippen molar-refractivity contribution in [1.82, 2.24) is 0 Å². The van der Waals surface area contributed by atoms with Gasteiger partial charge in [-0.15, -0.1) is 0 Å². The molecule has 0 aromatic heterocycles. The highest BCUT2D eigenvalue weighted by Gasteiger charge is 2.42. The summed E-state index contributed by atoms with van der Waals surface area (Å²) in [6.45, 7) is 8.25. The number of hydrogen-bond acceptors (Lipinski definition) is 5. The van der Waals surface area contributed by atoms with Crippen LogP contribution in [0.25, 0.3) is 0 Å². The molecule has 0 bridgehead atoms. The van der Waals surface area contributed by atoms with Crippen molar-refractivity contribution in [3.05, 3.63) is 41.2 Å². The van der Waals surface area contributed by atoms with Crippen molar-refractivity contribution >= 4 is 5.90 Å². The molecule has 0 saturated heterocycles. The molecule has 0 fully saturated rings. The zero-order valence-corrected chi connectivity index (χ0v) is 14.4. The van der Waals surface area contributed by atoms with Crippen molar-refractivity contribution in [3.8, 4) is 17.9 Å². The van der Waals surface area contributed by atoms with Gasteiger partial charge in [-0.3, -0.25) is 5.41 Å². The van der Waals surface area contributed by atoms with E-state index < -0.39 is 17.3 Å². The van der Waals surface area contributed by atoms with Crippen molar-refractivity contribution in [1.29, 1.82) is 15.9 Å². The molecule has 1 aliphatic rings. The zero-order chi connectivity index (χ0) is 17.9. The lowest BCUT2D eigenvalue weighted by atomic mass is 9.75. The average molecular weight is 323 g/mol. The average Bonchev–Trinajstić information content (AvgIpc) is 2.54. The second-order valence-electron chi connectivity index (χ2n) is 6.66. The van der Waals surface area contributed by atoms with Crippen LogP contribution in [0.3, 0.4) is 0 Å². The second kappa shape index (κ2) is 6.76. The van der Waals surface area contributed by atoms with Crippen molar-refractivity contribution in [2.24, 2.45) is 11.3 Å². The Morgan fingerprint density at radius 2 is 1.83 bits per heavy atom. The minimum Gasteiger partial charge on any atom is -0.494 e. The molecular weight excluding hydrogens is 302 g/mol. The van der Waals surface area contributed by atoms with Crippen LogP contribution in [0.5, 0.6) is 5.75 Å². The summed E-state index contributed by atoms with van der Waals surface area (Å²) < 4.78 is 11.0. The van der Waals surface area contributed by atoms with Crippen molar-refractivity contribution in [2.75, 3.05) is 6.61 Å². The fourth-order valence-electron chi connectivity index (χ4n) is 2.80. The zero-order valence-electron chi connectivity index (χ0n) is 14.4. The lowest BCUT2D eigenvalue weighted by Crippen LogP contribution is -2.33. The van der Waals surface area contributed by atoms with Crippen LogP contribution in [-0.4, -0.2) is 12.5 Å². The van der Waals surface area contributed by atoms with Crippen molar-refractivity contribution in [2.45, 2.75) is 33.6 Å². The lowest BCUT2D eigenvalue weighted by molar-refractivity contribution is 0.247. The Morgan fingerprint density at radius 3 is 2.29 bits per heavy atom. The number of rotatable bonds is 3. The third-order valence-corrected chi connectivity index (χ3v) is 3.87. The van der Waals surface area contributed by atoms with Gasteiger partial charge in [-0.1, -0.05) is 32.9 Å². The predicted octanol–water partition coefficient (Wildman–Crippen LogP) is 4.14. The van der Waals surface area contributed by atoms with E-state index in [0.717, 1.165) is 11.3 Å². The summed E-state index contributed by atoms with van der Waals surface area (Å²) in [5, 5.41) is 27.3. The third-order valence-electron chi connectivity index (χ3n) is 3.87. The number of ether oxygens (including phenoxy) is 2. The molecule has 1 N–H and O–H groups in total. The second-order valence-corrected chi connectivity index (χ2v) is 6.66. The first-order valence-corrected chi connectivity index (χ1v) is 7.86. The fraction of sp³-hybridized carbons (Fsp3) is 0.421. The molecule has 1 aromatic rings. The van der Waals surface area contributed by atoms with E-state index in [1.807, 2.05) is 52.0 Å². The van der Waals surface area contributed by atoms with Crippen LogP contribution in [0.1, 0.15) is 39.2 Å². The van der Waals surface area contributed by atoms with Crippen LogP contribution in [0.4, 0.5) is 0 Å². The first kappa shape index (κ1) is 17.6. The van der Waals surface area contributed by atoms with Gasteiger partial charge < -0.3 is 9.47 Å². The minimum atomic E-state index is -0.816. The van der Waals surface area contributed by atoms with E-state index in [4.69, 9.17) is 14.9 Å². The molecule has 2 atom stereocenters. The molecule has 1 aliphatic heterocycles. The summed E-state index contributed by atoms with van der Waals surface area (Å²) >= 11 is 0. The van der Waals surface area contributed by atoms with Crippen LogP contribution in [0.15, 0.2) is 35.6 Å². The summed E-state index contributed by atoms with van der Waals surface area (Å²) in [7, 11) is 0. The fourth-order valence-corrected chi connectivity index (χ4v) is 2.80. The van der Waals surface area contributed by atoms with Crippen molar-refractivity contribution < 1.29 is 9.47 Å². The summed E-state index contributed by atoms with van der Waals surface area (Å²) in [5.41, 5.74) is 0.784. The Hall–Kier alpha value is -2.79. The van der Waals surface area contributed by atoms with Gasteiger partial charge in [0.2, 0.25) is 5.90 Å². The monoisotopic (exact) mass is 323 g/mol. The number of benzene rings is 1. The largest absolute Gasteiger partial charge is 0.494 e. The highest BCUT2D eigenvalue weighted by molar-refractivity contribution is 5.83. The van der Waals surface area contributed by atoms with Gasteiger partial charge in [0.15, 0.2) is 0 Å². The Labute approximate surface area is 142 Å². The van der Waals surface area contributed by atoms with E-state index in [1.165, 1.54) is 0 Å². The van der Waals surface area contributed by atoms with Gasteiger partial charge >= 0.3 is 0 Å². The van der Waals surface area contributed by atoms with Gasteiger partial charge in [0, 0.05) is 11.3 Å². The van der Waals surface area contributed by atoms with Gasteiger partial charge in [-0.25, -0.2) is 0 Å². The smallest absolute Gasteiger partial charge is 0.205 e. The Balaban J connectivity index is 2.59. The maximum absolute atomic E-state index is 9.70. The van der Waals surface area contributed by atoms with Gasteiger partial charge in [-0.2, -0.15) is 10.5 Å². The number of hydrogen-bond donors (Lipinski definition) is 1. The number of nitriles is 2. The quantitative estimate of drug-likeness (QED) is 0.905. The Kier molecular flexibility index (Phi) is 4.95. The molecule has 5 nitrogen and oxygen atoms in total. The van der Waals surface area contributed by atoms with Crippen LogP contribution in [0.2, 0.25) is 0 Å². The van der Waals surface area contributed by atoms with Gasteiger partial charge in [-0.05, 0) is 24.6 Å². The minimum absolute atomic E-state index is 0.111. The van der Waals surface area contributed by atoms with Gasteiger partial charge in [0.1, 0.15) is 17.4 Å². The molecule has 0 aliphatic carbocycles. The maximum atomic E-state index is 9.70. The first-order valence-electron chi connectivity index (χ1n) is 7.86. The number of nitrogens with one attached hydrogen (secondary N) is 1. The summed E-state index contributed by atoms with van der Waals surface area (Å²) in [6, 6.07) is 11.6. The summed E-state index contributed by atoms with van der Waals surface area (Å²) in [5.74, 6) is -0.244. The third kappa shape index (κ3) is 3.26. The molecule has 1 aromatic carbocycles. The van der Waals surface area contributed by atoms with Gasteiger partial charge in [0.25, 0.3) is 0 Å². The van der Waals surface area contributed by atoms with E-state index in [0.29, 0.717) is 17.9 Å². The summed E-state index contributed by atoms with van der Waals surface area (Å²) in [6.07, 6.45) is 0. The topological polar surface area (TPSA) is 89.9 Å². The molecular formula is C19H21N3O2. The molecule has 0 radical (unpaired) electrons. The summed E-state index contributed by atoms with van der Waals surface area (Å²) in [4.78, 5) is 0. The Morgan fingerprint density at radius 1 is 1.21 bits per heavy atom. The molecule has 0 spiro atoms. The van der Waals surface area contributed by atoms with Crippen LogP contribution >= 0.6 is 0 Å². The van der Waals surface area contributed by atoms with E-state index in [2.05, 4.69) is 12.1 Å². The Bertz CT molecular complexity index is 743. The molecule has 1 heterocycles. The van der Waals surface area contributed by atoms with Crippen molar-refractivity contribution in [3.63, 3.8) is 0 Å². The van der Waals surface area contributed by atoms with E-state index in [-0.39, 0.29) is 5.90 Å². The van der Waals surface area contributed by atoms with E-state index >= 15 is 0 Å². The maximum Gasteiger partial charge on any atom is 0.205 e. The number of nitrogens with zero attached hydrogens (tertiary/aromatic N) is 2. The molecule has 124 valence electrons. The first-order chi connectivity index (χ1) is 11.3. The highest BCUT2D eigenvalue weighted by atomic mass is 16.5.